The summed E-state index contributed by atoms with van der Waals surface area (Å²) in [5.74, 6) is -1.28. The molecule has 0 saturated heterocycles. The molecule has 0 spiro atoms. The Labute approximate surface area is 152 Å². The van der Waals surface area contributed by atoms with Crippen LogP contribution < -0.4 is 0 Å². The van der Waals surface area contributed by atoms with Crippen LogP contribution in [0.3, 0.4) is 0 Å². The average molecular weight is 346 g/mol. The first-order valence-electron chi connectivity index (χ1n) is 8.16. The second-order valence-electron chi connectivity index (χ2n) is 5.66. The van der Waals surface area contributed by atoms with Crippen molar-refractivity contribution >= 4 is 11.9 Å². The van der Waals surface area contributed by atoms with E-state index in [1.54, 1.807) is 78.9 Å². The number of carbonyl (C=O) groups is 2. The van der Waals surface area contributed by atoms with Crippen LogP contribution in [-0.2, 0) is 19.9 Å². The van der Waals surface area contributed by atoms with E-state index >= 15 is 0 Å². The summed E-state index contributed by atoms with van der Waals surface area (Å²) in [7, 11) is 1.28. The quantitative estimate of drug-likeness (QED) is 0.656. The van der Waals surface area contributed by atoms with Crippen LogP contribution >= 0.6 is 0 Å². The van der Waals surface area contributed by atoms with Gasteiger partial charge >= 0.3 is 11.9 Å². The fourth-order valence-electron chi connectivity index (χ4n) is 2.82. The summed E-state index contributed by atoms with van der Waals surface area (Å²) in [6.07, 6.45) is 0. The highest BCUT2D eigenvalue weighted by Crippen LogP contribution is 2.36. The maximum Gasteiger partial charge on any atom is 0.359 e. The van der Waals surface area contributed by atoms with Crippen LogP contribution in [0.1, 0.15) is 21.5 Å². The first-order chi connectivity index (χ1) is 12.7. The van der Waals surface area contributed by atoms with Crippen molar-refractivity contribution < 1.29 is 19.1 Å². The number of ether oxygens (including phenoxy) is 2. The number of benzene rings is 3. The topological polar surface area (TPSA) is 52.6 Å². The van der Waals surface area contributed by atoms with E-state index in [1.165, 1.54) is 7.11 Å². The van der Waals surface area contributed by atoms with Gasteiger partial charge in [0.1, 0.15) is 0 Å². The maximum absolute atomic E-state index is 12.9. The second kappa shape index (κ2) is 7.66. The molecule has 0 N–H and O–H groups in total. The van der Waals surface area contributed by atoms with Gasteiger partial charge in [-0.05, 0) is 12.1 Å². The van der Waals surface area contributed by atoms with E-state index < -0.39 is 17.5 Å². The first kappa shape index (κ1) is 17.4. The van der Waals surface area contributed by atoms with Crippen molar-refractivity contribution in [3.63, 3.8) is 0 Å². The molecule has 0 aliphatic rings. The largest absolute Gasteiger partial charge is 0.466 e. The highest BCUT2D eigenvalue weighted by atomic mass is 16.6. The van der Waals surface area contributed by atoms with E-state index in [4.69, 9.17) is 9.47 Å². The number of carbonyl (C=O) groups excluding carboxylic acids is 2. The van der Waals surface area contributed by atoms with Crippen molar-refractivity contribution in [2.24, 2.45) is 0 Å². The number of hydrogen-bond donors (Lipinski definition) is 0. The number of esters is 2. The SMILES string of the molecule is COC(=O)C(OC(=O)c1ccccc1)(c1ccccc1)c1ccccc1. The monoisotopic (exact) mass is 346 g/mol. The summed E-state index contributed by atoms with van der Waals surface area (Å²) >= 11 is 0. The molecule has 0 unspecified atom stereocenters. The van der Waals surface area contributed by atoms with Gasteiger partial charge < -0.3 is 9.47 Å². The van der Waals surface area contributed by atoms with Crippen molar-refractivity contribution in [2.75, 3.05) is 7.11 Å². The van der Waals surface area contributed by atoms with Gasteiger partial charge in [0.2, 0.25) is 0 Å². The Bertz CT molecular complexity index is 834. The Balaban J connectivity index is 2.17. The molecule has 4 nitrogen and oxygen atoms in total. The number of rotatable bonds is 5. The van der Waals surface area contributed by atoms with Crippen LogP contribution in [0, 0.1) is 0 Å². The Morgan fingerprint density at radius 1 is 0.692 bits per heavy atom. The van der Waals surface area contributed by atoms with E-state index in [9.17, 15) is 9.59 Å². The Morgan fingerprint density at radius 3 is 1.54 bits per heavy atom. The predicted octanol–water partition coefficient (Wildman–Crippen LogP) is 3.96. The molecule has 0 aromatic heterocycles. The number of methoxy groups -OCH3 is 1. The summed E-state index contributed by atoms with van der Waals surface area (Å²) in [6.45, 7) is 0. The molecule has 0 heterocycles. The summed E-state index contributed by atoms with van der Waals surface area (Å²) in [5, 5.41) is 0. The predicted molar refractivity (Wildman–Crippen MR) is 97.5 cm³/mol. The van der Waals surface area contributed by atoms with Gasteiger partial charge in [-0.25, -0.2) is 9.59 Å². The normalized spacial score (nSPS) is 10.8. The smallest absolute Gasteiger partial charge is 0.359 e. The van der Waals surface area contributed by atoms with E-state index in [2.05, 4.69) is 0 Å². The van der Waals surface area contributed by atoms with Crippen LogP contribution in [0.4, 0.5) is 0 Å². The van der Waals surface area contributed by atoms with E-state index in [0.717, 1.165) is 0 Å². The van der Waals surface area contributed by atoms with Gasteiger partial charge in [-0.3, -0.25) is 0 Å². The van der Waals surface area contributed by atoms with Gasteiger partial charge in [-0.15, -0.1) is 0 Å². The van der Waals surface area contributed by atoms with Crippen molar-refractivity contribution in [2.45, 2.75) is 5.60 Å². The van der Waals surface area contributed by atoms with Crippen LogP contribution in [0.15, 0.2) is 91.0 Å². The highest BCUT2D eigenvalue weighted by Gasteiger charge is 2.47. The lowest BCUT2D eigenvalue weighted by molar-refractivity contribution is -0.159. The molecule has 3 aromatic carbocycles. The molecule has 0 fully saturated rings. The minimum absolute atomic E-state index is 0.354. The van der Waals surface area contributed by atoms with Gasteiger partial charge in [0.25, 0.3) is 5.60 Å². The molecular weight excluding hydrogens is 328 g/mol. The third-order valence-corrected chi connectivity index (χ3v) is 4.09. The Hall–Kier alpha value is -3.40. The molecule has 0 bridgehead atoms. The van der Waals surface area contributed by atoms with Gasteiger partial charge in [0.05, 0.1) is 12.7 Å². The summed E-state index contributed by atoms with van der Waals surface area (Å²) < 4.78 is 10.9. The standard InChI is InChI=1S/C22H18O4/c1-25-21(24)22(18-13-7-3-8-14-18,19-15-9-4-10-16-19)26-20(23)17-11-5-2-6-12-17/h2-16H,1H3. The molecule has 26 heavy (non-hydrogen) atoms. The maximum atomic E-state index is 12.9. The molecule has 3 aromatic rings. The van der Waals surface area contributed by atoms with Gasteiger partial charge in [-0.1, -0.05) is 78.9 Å². The zero-order valence-corrected chi connectivity index (χ0v) is 14.3. The molecule has 0 amide bonds. The molecule has 0 aliphatic heterocycles. The van der Waals surface area contributed by atoms with Crippen molar-refractivity contribution in [3.8, 4) is 0 Å². The van der Waals surface area contributed by atoms with Crippen molar-refractivity contribution in [3.05, 3.63) is 108 Å². The molecule has 0 radical (unpaired) electrons. The first-order valence-corrected chi connectivity index (χ1v) is 8.16. The zero-order valence-electron chi connectivity index (χ0n) is 14.3. The van der Waals surface area contributed by atoms with Gasteiger partial charge in [0, 0.05) is 11.1 Å². The fraction of sp³-hybridized carbons (Fsp3) is 0.0909. The van der Waals surface area contributed by atoms with Crippen LogP contribution in [0.5, 0.6) is 0 Å². The van der Waals surface area contributed by atoms with Crippen molar-refractivity contribution in [1.82, 2.24) is 0 Å². The minimum Gasteiger partial charge on any atom is -0.466 e. The van der Waals surface area contributed by atoms with Gasteiger partial charge in [-0.2, -0.15) is 0 Å². The summed E-state index contributed by atoms with van der Waals surface area (Å²) in [4.78, 5) is 25.7. The lowest BCUT2D eigenvalue weighted by atomic mass is 9.86. The summed E-state index contributed by atoms with van der Waals surface area (Å²) in [5.41, 5.74) is -0.304. The second-order valence-corrected chi connectivity index (χ2v) is 5.66. The Kier molecular flexibility index (Phi) is 5.13. The molecule has 3 rings (SSSR count). The molecule has 0 aliphatic carbocycles. The van der Waals surface area contributed by atoms with Crippen molar-refractivity contribution in [1.29, 1.82) is 0 Å². The fourth-order valence-corrected chi connectivity index (χ4v) is 2.82. The zero-order chi connectivity index (χ0) is 18.4. The number of hydrogen-bond acceptors (Lipinski definition) is 4. The lowest BCUT2D eigenvalue weighted by Crippen LogP contribution is -2.42. The molecule has 130 valence electrons. The average Bonchev–Trinajstić information content (AvgIpc) is 2.73. The lowest BCUT2D eigenvalue weighted by Gasteiger charge is -2.31. The minimum atomic E-state index is -1.69. The molecule has 0 saturated carbocycles. The third kappa shape index (κ3) is 3.22. The third-order valence-electron chi connectivity index (χ3n) is 4.09. The molecular formula is C22H18O4. The van der Waals surface area contributed by atoms with Crippen LogP contribution in [-0.4, -0.2) is 19.0 Å². The van der Waals surface area contributed by atoms with E-state index in [1.807, 2.05) is 12.1 Å². The van der Waals surface area contributed by atoms with E-state index in [0.29, 0.717) is 16.7 Å². The van der Waals surface area contributed by atoms with Crippen LogP contribution in [0.2, 0.25) is 0 Å². The van der Waals surface area contributed by atoms with Crippen LogP contribution in [0.25, 0.3) is 0 Å². The summed E-state index contributed by atoms with van der Waals surface area (Å²) in [6, 6.07) is 26.3. The molecule has 4 heteroatoms. The highest BCUT2D eigenvalue weighted by molar-refractivity contribution is 5.94. The molecule has 0 atom stereocenters. The van der Waals surface area contributed by atoms with Gasteiger partial charge in [0.15, 0.2) is 0 Å². The van der Waals surface area contributed by atoms with E-state index in [-0.39, 0.29) is 0 Å². The Morgan fingerprint density at radius 2 is 1.12 bits per heavy atom.